The Morgan fingerprint density at radius 1 is 1.46 bits per heavy atom. The molecule has 6 nitrogen and oxygen atoms in total. The minimum atomic E-state index is -0.478. The number of pyridine rings is 1. The lowest BCUT2D eigenvalue weighted by molar-refractivity contribution is 0.0500. The molecule has 0 aliphatic carbocycles. The zero-order chi connectivity index (χ0) is 18.2. The zero-order valence-corrected chi connectivity index (χ0v) is 15.6. The van der Waals surface area contributed by atoms with E-state index in [1.807, 2.05) is 26.8 Å². The number of hydrogen-bond acceptors (Lipinski definition) is 5. The number of amides is 1. The molecule has 1 aliphatic rings. The van der Waals surface area contributed by atoms with Crippen LogP contribution in [0.1, 0.15) is 53.9 Å². The Balaban J connectivity index is 0.000000891. The van der Waals surface area contributed by atoms with Crippen LogP contribution >= 0.6 is 0 Å². The fourth-order valence-electron chi connectivity index (χ4n) is 2.48. The van der Waals surface area contributed by atoms with Gasteiger partial charge < -0.3 is 20.7 Å². The number of carbonyl (C=O) groups excluding carboxylic acids is 1. The summed E-state index contributed by atoms with van der Waals surface area (Å²) in [5, 5.41) is 2.94. The Morgan fingerprint density at radius 2 is 2.12 bits per heavy atom. The highest BCUT2D eigenvalue weighted by Gasteiger charge is 2.25. The molecule has 1 saturated heterocycles. The maximum Gasteiger partial charge on any atom is 0.407 e. The molecular weight excluding hydrogens is 304 g/mol. The number of ether oxygens (including phenoxy) is 1. The lowest BCUT2D eigenvalue weighted by Crippen LogP contribution is -2.49. The van der Waals surface area contributed by atoms with Crippen molar-refractivity contribution in [2.45, 2.75) is 65.5 Å². The van der Waals surface area contributed by atoms with Crippen molar-refractivity contribution in [3.63, 3.8) is 0 Å². The van der Waals surface area contributed by atoms with Gasteiger partial charge in [-0.1, -0.05) is 20.3 Å². The van der Waals surface area contributed by atoms with E-state index in [9.17, 15) is 4.79 Å². The smallest absolute Gasteiger partial charge is 0.407 e. The fourth-order valence-corrected chi connectivity index (χ4v) is 2.48. The van der Waals surface area contributed by atoms with Crippen molar-refractivity contribution in [1.82, 2.24) is 10.3 Å². The van der Waals surface area contributed by atoms with Gasteiger partial charge in [0.05, 0.1) is 17.6 Å². The number of anilines is 2. The molecule has 0 aromatic carbocycles. The Kier molecular flexibility index (Phi) is 7.82. The predicted octanol–water partition coefficient (Wildman–Crippen LogP) is 3.57. The van der Waals surface area contributed by atoms with E-state index in [2.05, 4.69) is 29.0 Å². The maximum atomic E-state index is 11.9. The molecule has 1 aromatic rings. The van der Waals surface area contributed by atoms with E-state index >= 15 is 0 Å². The van der Waals surface area contributed by atoms with E-state index in [1.165, 1.54) is 6.42 Å². The van der Waals surface area contributed by atoms with E-state index < -0.39 is 5.60 Å². The SMILES string of the molecule is CC(C)(C)OC(=O)N[C@H]1CCCN(c2ccncc2N)C1.CCC. The molecule has 24 heavy (non-hydrogen) atoms. The zero-order valence-electron chi connectivity index (χ0n) is 15.6. The van der Waals surface area contributed by atoms with E-state index in [-0.39, 0.29) is 12.1 Å². The standard InChI is InChI=1S/C15H24N4O2.C3H8/c1-15(2,3)21-14(20)18-11-5-4-8-19(10-11)13-6-7-17-9-12(13)16;1-3-2/h6-7,9,11H,4-5,8,10,16H2,1-3H3,(H,18,20);3H2,1-2H3/t11-;/m0./s1. The van der Waals surface area contributed by atoms with Crippen LogP contribution in [-0.4, -0.2) is 35.8 Å². The van der Waals surface area contributed by atoms with Crippen LogP contribution in [0.25, 0.3) is 0 Å². The van der Waals surface area contributed by atoms with Gasteiger partial charge in [0.2, 0.25) is 0 Å². The molecule has 1 aromatic heterocycles. The first kappa shape index (κ1) is 20.1. The quantitative estimate of drug-likeness (QED) is 0.863. The van der Waals surface area contributed by atoms with Gasteiger partial charge in [0.1, 0.15) is 5.60 Å². The molecule has 0 bridgehead atoms. The largest absolute Gasteiger partial charge is 0.444 e. The van der Waals surface area contributed by atoms with Gasteiger partial charge in [-0.3, -0.25) is 4.98 Å². The van der Waals surface area contributed by atoms with Crippen molar-refractivity contribution >= 4 is 17.5 Å². The van der Waals surface area contributed by atoms with Gasteiger partial charge in [-0.25, -0.2) is 4.79 Å². The third-order valence-corrected chi connectivity index (χ3v) is 3.31. The number of carbonyl (C=O) groups is 1. The Morgan fingerprint density at radius 3 is 2.71 bits per heavy atom. The summed E-state index contributed by atoms with van der Waals surface area (Å²) in [6.45, 7) is 11.5. The molecule has 0 radical (unpaired) electrons. The van der Waals surface area contributed by atoms with Crippen LogP contribution in [0.15, 0.2) is 18.5 Å². The molecule has 0 unspecified atom stereocenters. The average Bonchev–Trinajstić information content (AvgIpc) is 2.46. The molecule has 6 heteroatoms. The number of nitrogens with zero attached hydrogens (tertiary/aromatic N) is 2. The van der Waals surface area contributed by atoms with Gasteiger partial charge in [-0.15, -0.1) is 0 Å². The maximum absolute atomic E-state index is 11.9. The number of rotatable bonds is 2. The molecule has 2 heterocycles. The van der Waals surface area contributed by atoms with Crippen LogP contribution in [0.4, 0.5) is 16.2 Å². The Bertz CT molecular complexity index is 514. The predicted molar refractivity (Wildman–Crippen MR) is 99.2 cm³/mol. The van der Waals surface area contributed by atoms with Gasteiger partial charge in [-0.05, 0) is 39.7 Å². The minimum absolute atomic E-state index is 0.0705. The summed E-state index contributed by atoms with van der Waals surface area (Å²) in [6, 6.07) is 1.98. The third kappa shape index (κ3) is 7.06. The lowest BCUT2D eigenvalue weighted by Gasteiger charge is -2.35. The molecule has 1 atom stereocenters. The van der Waals surface area contributed by atoms with Crippen molar-refractivity contribution in [2.75, 3.05) is 23.7 Å². The van der Waals surface area contributed by atoms with Crippen molar-refractivity contribution in [3.05, 3.63) is 18.5 Å². The summed E-state index contributed by atoms with van der Waals surface area (Å²) >= 11 is 0. The molecule has 0 saturated carbocycles. The lowest BCUT2D eigenvalue weighted by atomic mass is 10.1. The molecule has 1 aliphatic heterocycles. The van der Waals surface area contributed by atoms with Gasteiger partial charge >= 0.3 is 6.09 Å². The van der Waals surface area contributed by atoms with E-state index in [1.54, 1.807) is 12.4 Å². The van der Waals surface area contributed by atoms with Crippen molar-refractivity contribution in [1.29, 1.82) is 0 Å². The highest BCUT2D eigenvalue weighted by molar-refractivity contribution is 5.69. The number of hydrogen-bond donors (Lipinski definition) is 2. The highest BCUT2D eigenvalue weighted by Crippen LogP contribution is 2.25. The van der Waals surface area contributed by atoms with E-state index in [0.29, 0.717) is 5.69 Å². The monoisotopic (exact) mass is 336 g/mol. The Labute approximate surface area is 145 Å². The summed E-state index contributed by atoms with van der Waals surface area (Å²) < 4.78 is 5.30. The van der Waals surface area contributed by atoms with Crippen LogP contribution in [0.3, 0.4) is 0 Å². The average molecular weight is 336 g/mol. The van der Waals surface area contributed by atoms with Gasteiger partial charge in [0, 0.05) is 25.3 Å². The molecule has 136 valence electrons. The third-order valence-electron chi connectivity index (χ3n) is 3.31. The summed E-state index contributed by atoms with van der Waals surface area (Å²) in [4.78, 5) is 18.0. The second kappa shape index (κ2) is 9.35. The second-order valence-corrected chi connectivity index (χ2v) is 7.07. The van der Waals surface area contributed by atoms with Crippen molar-refractivity contribution < 1.29 is 9.53 Å². The van der Waals surface area contributed by atoms with Crippen LogP contribution in [0.2, 0.25) is 0 Å². The van der Waals surface area contributed by atoms with Gasteiger partial charge in [0.25, 0.3) is 0 Å². The molecule has 1 amide bonds. The number of nitrogens with one attached hydrogen (secondary N) is 1. The number of aromatic nitrogens is 1. The summed E-state index contributed by atoms with van der Waals surface area (Å²) in [7, 11) is 0. The number of nitrogen functional groups attached to an aromatic ring is 1. The van der Waals surface area contributed by atoms with Gasteiger partial charge in [0.15, 0.2) is 0 Å². The van der Waals surface area contributed by atoms with Gasteiger partial charge in [-0.2, -0.15) is 0 Å². The molecule has 1 fully saturated rings. The summed E-state index contributed by atoms with van der Waals surface area (Å²) in [5.74, 6) is 0. The van der Waals surface area contributed by atoms with E-state index in [0.717, 1.165) is 31.6 Å². The minimum Gasteiger partial charge on any atom is -0.444 e. The first-order valence-corrected chi connectivity index (χ1v) is 8.70. The van der Waals surface area contributed by atoms with Crippen LogP contribution in [-0.2, 0) is 4.74 Å². The number of alkyl carbamates (subject to hydrolysis) is 1. The number of nitrogens with two attached hydrogens (primary N) is 1. The normalized spacial score (nSPS) is 17.5. The van der Waals surface area contributed by atoms with Crippen molar-refractivity contribution in [2.24, 2.45) is 0 Å². The van der Waals surface area contributed by atoms with Crippen LogP contribution in [0.5, 0.6) is 0 Å². The first-order chi connectivity index (χ1) is 11.3. The first-order valence-electron chi connectivity index (χ1n) is 8.70. The molecular formula is C18H32N4O2. The molecule has 0 spiro atoms. The topological polar surface area (TPSA) is 80.5 Å². The van der Waals surface area contributed by atoms with Crippen LogP contribution < -0.4 is 16.0 Å². The molecule has 3 N–H and O–H groups in total. The fraction of sp³-hybridized carbons (Fsp3) is 0.667. The summed E-state index contributed by atoms with van der Waals surface area (Å²) in [5.41, 5.74) is 7.12. The van der Waals surface area contributed by atoms with Crippen LogP contribution in [0, 0.1) is 0 Å². The molecule has 2 rings (SSSR count). The van der Waals surface area contributed by atoms with E-state index in [4.69, 9.17) is 10.5 Å². The highest BCUT2D eigenvalue weighted by atomic mass is 16.6. The Hall–Kier alpha value is -1.98. The summed E-state index contributed by atoms with van der Waals surface area (Å²) in [6.07, 6.45) is 6.22. The van der Waals surface area contributed by atoms with Crippen molar-refractivity contribution in [3.8, 4) is 0 Å². The second-order valence-electron chi connectivity index (χ2n) is 7.07. The number of piperidine rings is 1.